The first kappa shape index (κ1) is 22.6. The highest BCUT2D eigenvalue weighted by molar-refractivity contribution is 5.99. The Bertz CT molecular complexity index is 914. The number of hydrogen-bond acceptors (Lipinski definition) is 6. The van der Waals surface area contributed by atoms with Gasteiger partial charge in [-0.2, -0.15) is 0 Å². The highest BCUT2D eigenvalue weighted by Gasteiger charge is 2.50. The number of ether oxygens (including phenoxy) is 1. The van der Waals surface area contributed by atoms with Gasteiger partial charge in [0.05, 0.1) is 18.8 Å². The Hall–Kier alpha value is -3.13. The quantitative estimate of drug-likeness (QED) is 0.561. The summed E-state index contributed by atoms with van der Waals surface area (Å²) in [6.07, 6.45) is 4.97. The number of benzene rings is 1. The molecule has 164 valence electrons. The molecule has 0 unspecified atom stereocenters. The molecular formula is C23H28N4O4. The smallest absolute Gasteiger partial charge is 0.272 e. The van der Waals surface area contributed by atoms with Gasteiger partial charge in [0.2, 0.25) is 5.91 Å². The molecule has 0 radical (unpaired) electrons. The van der Waals surface area contributed by atoms with Crippen LogP contribution < -0.4 is 10.6 Å². The first-order valence-corrected chi connectivity index (χ1v) is 10.4. The van der Waals surface area contributed by atoms with Crippen molar-refractivity contribution < 1.29 is 19.1 Å². The third-order valence-electron chi connectivity index (χ3n) is 5.14. The molecular weight excluding hydrogens is 396 g/mol. The van der Waals surface area contributed by atoms with Gasteiger partial charge in [0, 0.05) is 18.8 Å². The molecule has 8 heteroatoms. The number of hydrogen-bond donors (Lipinski definition) is 2. The minimum atomic E-state index is -0.882. The van der Waals surface area contributed by atoms with Crippen LogP contribution in [-0.2, 0) is 20.7 Å². The van der Waals surface area contributed by atoms with E-state index in [1.807, 2.05) is 44.2 Å². The number of amides is 2. The van der Waals surface area contributed by atoms with E-state index in [0.717, 1.165) is 5.56 Å². The summed E-state index contributed by atoms with van der Waals surface area (Å²) in [5.41, 5.74) is 0.151. The lowest BCUT2D eigenvalue weighted by Crippen LogP contribution is -2.54. The Balaban J connectivity index is 1.78. The molecule has 2 amide bonds. The van der Waals surface area contributed by atoms with Crippen molar-refractivity contribution in [2.75, 3.05) is 6.61 Å². The molecule has 0 bridgehead atoms. The lowest BCUT2D eigenvalue weighted by molar-refractivity contribution is -0.131. The van der Waals surface area contributed by atoms with Gasteiger partial charge in [0.15, 0.2) is 5.78 Å². The summed E-state index contributed by atoms with van der Waals surface area (Å²) in [7, 11) is 0. The van der Waals surface area contributed by atoms with Crippen molar-refractivity contribution in [2.24, 2.45) is 5.92 Å². The van der Waals surface area contributed by atoms with E-state index in [1.54, 1.807) is 6.92 Å². The summed E-state index contributed by atoms with van der Waals surface area (Å²) < 4.78 is 5.29. The number of carbonyl (C=O) groups excluding carboxylic acids is 3. The van der Waals surface area contributed by atoms with Gasteiger partial charge >= 0.3 is 0 Å². The average molecular weight is 425 g/mol. The Morgan fingerprint density at radius 2 is 1.81 bits per heavy atom. The Morgan fingerprint density at radius 3 is 2.39 bits per heavy atom. The number of carbonyl (C=O) groups is 3. The van der Waals surface area contributed by atoms with Gasteiger partial charge in [-0.1, -0.05) is 44.2 Å². The van der Waals surface area contributed by atoms with E-state index in [9.17, 15) is 14.4 Å². The van der Waals surface area contributed by atoms with E-state index in [4.69, 9.17) is 4.74 Å². The predicted molar refractivity (Wildman–Crippen MR) is 114 cm³/mol. The number of epoxide rings is 1. The molecule has 0 spiro atoms. The number of Topliss-reactive ketones (excluding diaryl/α,β-unsaturated/α-hetero) is 1. The Morgan fingerprint density at radius 1 is 1.10 bits per heavy atom. The number of aromatic nitrogens is 2. The monoisotopic (exact) mass is 424 g/mol. The van der Waals surface area contributed by atoms with Gasteiger partial charge in [-0.15, -0.1) is 0 Å². The molecule has 1 aromatic carbocycles. The van der Waals surface area contributed by atoms with Gasteiger partial charge in [-0.05, 0) is 24.8 Å². The fraction of sp³-hybridized carbons (Fsp3) is 0.435. The molecule has 2 N–H and O–H groups in total. The Labute approximate surface area is 181 Å². The van der Waals surface area contributed by atoms with Crippen molar-refractivity contribution in [3.05, 3.63) is 60.2 Å². The summed E-state index contributed by atoms with van der Waals surface area (Å²) in [4.78, 5) is 46.6. The van der Waals surface area contributed by atoms with Crippen LogP contribution in [0.5, 0.6) is 0 Å². The molecule has 1 fully saturated rings. The first-order chi connectivity index (χ1) is 14.8. The fourth-order valence-corrected chi connectivity index (χ4v) is 3.30. The van der Waals surface area contributed by atoms with Gasteiger partial charge in [-0.25, -0.2) is 4.98 Å². The largest absolute Gasteiger partial charge is 0.361 e. The summed E-state index contributed by atoms with van der Waals surface area (Å²) in [6, 6.07) is 7.80. The van der Waals surface area contributed by atoms with Crippen LogP contribution in [0.3, 0.4) is 0 Å². The maximum Gasteiger partial charge on any atom is 0.272 e. The van der Waals surface area contributed by atoms with Crippen LogP contribution in [-0.4, -0.2) is 51.9 Å². The standard InChI is InChI=1S/C23H28N4O4/c1-15(2)11-17(20(28)23(3)14-31-23)26-21(29)18(12-16-7-5-4-6-8-16)27-22(30)19-13-24-9-10-25-19/h4-10,13,15,17-18H,11-12,14H2,1-3H3,(H,26,29)(H,27,30)/t17-,18-,23+/m0/s1. The van der Waals surface area contributed by atoms with Crippen LogP contribution in [0, 0.1) is 5.92 Å². The van der Waals surface area contributed by atoms with Crippen LogP contribution in [0.2, 0.25) is 0 Å². The summed E-state index contributed by atoms with van der Waals surface area (Å²) >= 11 is 0. The van der Waals surface area contributed by atoms with E-state index in [-0.39, 0.29) is 23.8 Å². The van der Waals surface area contributed by atoms with Crippen molar-refractivity contribution in [3.63, 3.8) is 0 Å². The van der Waals surface area contributed by atoms with Gasteiger partial charge in [-0.3, -0.25) is 19.4 Å². The zero-order valence-electron chi connectivity index (χ0n) is 18.0. The maximum atomic E-state index is 13.2. The molecule has 1 aromatic heterocycles. The second-order valence-corrected chi connectivity index (χ2v) is 8.38. The van der Waals surface area contributed by atoms with Crippen molar-refractivity contribution in [1.29, 1.82) is 0 Å². The second-order valence-electron chi connectivity index (χ2n) is 8.38. The highest BCUT2D eigenvalue weighted by atomic mass is 16.6. The normalized spacial score (nSPS) is 19.4. The fourth-order valence-electron chi connectivity index (χ4n) is 3.30. The summed E-state index contributed by atoms with van der Waals surface area (Å²) in [6.45, 7) is 6.05. The summed E-state index contributed by atoms with van der Waals surface area (Å²) in [5.74, 6) is -0.885. The maximum absolute atomic E-state index is 13.2. The molecule has 3 atom stereocenters. The van der Waals surface area contributed by atoms with Crippen LogP contribution in [0.1, 0.15) is 43.2 Å². The zero-order chi connectivity index (χ0) is 22.4. The molecule has 31 heavy (non-hydrogen) atoms. The molecule has 0 aliphatic carbocycles. The van der Waals surface area contributed by atoms with Gasteiger partial charge in [0.25, 0.3) is 5.91 Å². The Kier molecular flexibility index (Phi) is 7.12. The second kappa shape index (κ2) is 9.78. The van der Waals surface area contributed by atoms with E-state index < -0.39 is 29.5 Å². The van der Waals surface area contributed by atoms with E-state index in [0.29, 0.717) is 13.0 Å². The van der Waals surface area contributed by atoms with Gasteiger partial charge < -0.3 is 15.4 Å². The average Bonchev–Trinajstić information content (AvgIpc) is 3.51. The predicted octanol–water partition coefficient (Wildman–Crippen LogP) is 1.71. The number of nitrogens with zero attached hydrogens (tertiary/aromatic N) is 2. The molecule has 3 rings (SSSR count). The minimum absolute atomic E-state index is 0.113. The van der Waals surface area contributed by atoms with Crippen molar-refractivity contribution in [1.82, 2.24) is 20.6 Å². The van der Waals surface area contributed by atoms with Crippen LogP contribution in [0.25, 0.3) is 0 Å². The van der Waals surface area contributed by atoms with Crippen molar-refractivity contribution >= 4 is 17.6 Å². The lowest BCUT2D eigenvalue weighted by atomic mass is 9.93. The van der Waals surface area contributed by atoms with Crippen molar-refractivity contribution in [2.45, 2.75) is 51.3 Å². The number of nitrogens with one attached hydrogen (secondary N) is 2. The lowest BCUT2D eigenvalue weighted by Gasteiger charge is -2.25. The summed E-state index contributed by atoms with van der Waals surface area (Å²) in [5, 5.41) is 5.59. The first-order valence-electron chi connectivity index (χ1n) is 10.4. The van der Waals surface area contributed by atoms with E-state index in [2.05, 4.69) is 20.6 Å². The molecule has 0 saturated carbocycles. The SMILES string of the molecule is CC(C)C[C@H](NC(=O)[C@H](Cc1ccccc1)NC(=O)c1cnccn1)C(=O)[C@@]1(C)CO1. The van der Waals surface area contributed by atoms with Crippen LogP contribution >= 0.6 is 0 Å². The van der Waals surface area contributed by atoms with Crippen LogP contribution in [0.4, 0.5) is 0 Å². The molecule has 1 aliphatic rings. The number of rotatable bonds is 10. The van der Waals surface area contributed by atoms with Crippen molar-refractivity contribution in [3.8, 4) is 0 Å². The minimum Gasteiger partial charge on any atom is -0.361 e. The zero-order valence-corrected chi connectivity index (χ0v) is 18.0. The van der Waals surface area contributed by atoms with E-state index >= 15 is 0 Å². The molecule has 8 nitrogen and oxygen atoms in total. The van der Waals surface area contributed by atoms with E-state index in [1.165, 1.54) is 18.6 Å². The number of ketones is 1. The molecule has 2 aromatic rings. The third kappa shape index (κ3) is 6.18. The third-order valence-corrected chi connectivity index (χ3v) is 5.14. The van der Waals surface area contributed by atoms with Gasteiger partial charge in [0.1, 0.15) is 17.3 Å². The highest BCUT2D eigenvalue weighted by Crippen LogP contribution is 2.29. The van der Waals surface area contributed by atoms with Crippen LogP contribution in [0.15, 0.2) is 48.9 Å². The topological polar surface area (TPSA) is 114 Å². The molecule has 2 heterocycles. The molecule has 1 saturated heterocycles. The molecule has 1 aliphatic heterocycles.